The molecule has 2 heterocycles. The minimum Gasteiger partial charge on any atom is -0.497 e. The third kappa shape index (κ3) is 4.33. The molecule has 2 aromatic carbocycles. The molecule has 1 fully saturated rings. The van der Waals surface area contributed by atoms with Crippen molar-refractivity contribution in [3.8, 4) is 17.2 Å². The Morgan fingerprint density at radius 2 is 2.00 bits per heavy atom. The van der Waals surface area contributed by atoms with Gasteiger partial charge in [0.15, 0.2) is 6.61 Å². The van der Waals surface area contributed by atoms with Crippen LogP contribution in [0.2, 0.25) is 0 Å². The summed E-state index contributed by atoms with van der Waals surface area (Å²) in [5.41, 5.74) is 1.25. The third-order valence-corrected chi connectivity index (χ3v) is 7.72. The highest BCUT2D eigenvalue weighted by Gasteiger charge is 2.40. The molecule has 176 valence electrons. The van der Waals surface area contributed by atoms with Crippen LogP contribution in [-0.2, 0) is 19.6 Å². The summed E-state index contributed by atoms with van der Waals surface area (Å²) in [4.78, 5) is 24.7. The Morgan fingerprint density at radius 3 is 2.73 bits per heavy atom. The van der Waals surface area contributed by atoms with Gasteiger partial charge in [0.05, 0.1) is 30.5 Å². The van der Waals surface area contributed by atoms with Crippen LogP contribution in [0.25, 0.3) is 0 Å². The zero-order valence-electron chi connectivity index (χ0n) is 18.5. The predicted molar refractivity (Wildman–Crippen MR) is 120 cm³/mol. The molecule has 0 radical (unpaired) electrons. The van der Waals surface area contributed by atoms with E-state index in [1.54, 1.807) is 31.2 Å². The van der Waals surface area contributed by atoms with Crippen molar-refractivity contribution < 1.29 is 32.2 Å². The van der Waals surface area contributed by atoms with Gasteiger partial charge >= 0.3 is 0 Å². The highest BCUT2D eigenvalue weighted by atomic mass is 32.2. The molecule has 2 N–H and O–H groups in total. The van der Waals surface area contributed by atoms with E-state index >= 15 is 0 Å². The first kappa shape index (κ1) is 22.9. The topological polar surface area (TPSA) is 123 Å². The van der Waals surface area contributed by atoms with E-state index in [1.807, 2.05) is 0 Å². The number of carbonyl (C=O) groups is 2. The van der Waals surface area contributed by atoms with Gasteiger partial charge in [-0.15, -0.1) is 0 Å². The van der Waals surface area contributed by atoms with Crippen LogP contribution in [0, 0.1) is 6.92 Å². The fraction of sp³-hybridized carbons (Fsp3) is 0.364. The highest BCUT2D eigenvalue weighted by Crippen LogP contribution is 2.36. The lowest BCUT2D eigenvalue weighted by molar-refractivity contribution is -0.119. The molecule has 11 heteroatoms. The molecule has 2 aromatic rings. The molecule has 33 heavy (non-hydrogen) atoms. The van der Waals surface area contributed by atoms with Crippen molar-refractivity contribution in [3.63, 3.8) is 0 Å². The maximum Gasteiger partial charge on any atom is 0.262 e. The van der Waals surface area contributed by atoms with E-state index < -0.39 is 22.0 Å². The number of rotatable bonds is 6. The summed E-state index contributed by atoms with van der Waals surface area (Å²) in [7, 11) is -1.02. The summed E-state index contributed by atoms with van der Waals surface area (Å²) in [6.45, 7) is 1.66. The molecule has 1 unspecified atom stereocenters. The molecule has 0 spiro atoms. The Bertz CT molecular complexity index is 1210. The standard InChI is InChI=1S/C22H25N3O7S/c1-13-9-15-19(32-12-21(26)23-15)11-20(13)33(28,29)25-8-4-5-17(25)22(27)24-16-10-14(30-2)6-7-18(16)31-3/h6-7,9-11,17H,4-5,8,12H2,1-3H3,(H,23,26)(H,24,27). The van der Waals surface area contributed by atoms with Gasteiger partial charge in [0.1, 0.15) is 23.3 Å². The summed E-state index contributed by atoms with van der Waals surface area (Å²) in [6.07, 6.45) is 0.928. The fourth-order valence-electron chi connectivity index (χ4n) is 4.04. The van der Waals surface area contributed by atoms with Crippen LogP contribution >= 0.6 is 0 Å². The van der Waals surface area contributed by atoms with Crippen molar-refractivity contribution in [2.45, 2.75) is 30.7 Å². The van der Waals surface area contributed by atoms with Gasteiger partial charge < -0.3 is 24.8 Å². The molecule has 0 bridgehead atoms. The number of sulfonamides is 1. The van der Waals surface area contributed by atoms with Crippen molar-refractivity contribution in [1.29, 1.82) is 0 Å². The van der Waals surface area contributed by atoms with E-state index in [9.17, 15) is 18.0 Å². The first-order chi connectivity index (χ1) is 15.7. The van der Waals surface area contributed by atoms with Crippen LogP contribution < -0.4 is 24.8 Å². The number of aryl methyl sites for hydroxylation is 1. The van der Waals surface area contributed by atoms with Gasteiger partial charge in [0.25, 0.3) is 5.91 Å². The minimum absolute atomic E-state index is 0.0380. The Kier molecular flexibility index (Phi) is 6.17. The quantitative estimate of drug-likeness (QED) is 0.656. The van der Waals surface area contributed by atoms with Crippen LogP contribution in [0.1, 0.15) is 18.4 Å². The van der Waals surface area contributed by atoms with Crippen molar-refractivity contribution in [2.75, 3.05) is 38.0 Å². The molecular weight excluding hydrogens is 450 g/mol. The lowest BCUT2D eigenvalue weighted by Crippen LogP contribution is -2.43. The van der Waals surface area contributed by atoms with E-state index in [2.05, 4.69) is 10.6 Å². The summed E-state index contributed by atoms with van der Waals surface area (Å²) < 4.78 is 44.2. The molecule has 2 aliphatic heterocycles. The number of methoxy groups -OCH3 is 2. The number of carbonyl (C=O) groups excluding carboxylic acids is 2. The van der Waals surface area contributed by atoms with E-state index in [1.165, 1.54) is 24.6 Å². The largest absolute Gasteiger partial charge is 0.497 e. The number of fused-ring (bicyclic) bond motifs is 1. The predicted octanol–water partition coefficient (Wildman–Crippen LogP) is 2.13. The van der Waals surface area contributed by atoms with Crippen LogP contribution in [0.3, 0.4) is 0 Å². The lowest BCUT2D eigenvalue weighted by Gasteiger charge is -2.26. The summed E-state index contributed by atoms with van der Waals surface area (Å²) in [5, 5.41) is 5.44. The first-order valence-electron chi connectivity index (χ1n) is 10.4. The van der Waals surface area contributed by atoms with E-state index in [4.69, 9.17) is 14.2 Å². The zero-order chi connectivity index (χ0) is 23.8. The maximum absolute atomic E-state index is 13.6. The fourth-order valence-corrected chi connectivity index (χ4v) is 5.92. The van der Waals surface area contributed by atoms with Gasteiger partial charge in [-0.05, 0) is 43.5 Å². The van der Waals surface area contributed by atoms with Crippen molar-refractivity contribution in [2.24, 2.45) is 0 Å². The molecule has 2 aliphatic rings. The van der Waals surface area contributed by atoms with E-state index in [0.717, 1.165) is 0 Å². The van der Waals surface area contributed by atoms with E-state index in [0.29, 0.717) is 41.3 Å². The normalized spacial score (nSPS) is 18.2. The number of amides is 2. The molecule has 4 rings (SSSR count). The van der Waals surface area contributed by atoms with Crippen molar-refractivity contribution in [3.05, 3.63) is 35.9 Å². The number of ether oxygens (including phenoxy) is 3. The number of anilines is 2. The molecule has 1 atom stereocenters. The minimum atomic E-state index is -4.01. The number of benzene rings is 2. The molecule has 0 aromatic heterocycles. The average Bonchev–Trinajstić information content (AvgIpc) is 3.29. The summed E-state index contributed by atoms with van der Waals surface area (Å²) >= 11 is 0. The van der Waals surface area contributed by atoms with Crippen molar-refractivity contribution >= 4 is 33.2 Å². The van der Waals surface area contributed by atoms with E-state index in [-0.39, 0.29) is 29.7 Å². The summed E-state index contributed by atoms with van der Waals surface area (Å²) in [6, 6.07) is 7.05. The van der Waals surface area contributed by atoms with Crippen LogP contribution in [-0.4, -0.2) is 58.0 Å². The molecular formula is C22H25N3O7S. The third-order valence-electron chi connectivity index (χ3n) is 5.67. The second-order valence-corrected chi connectivity index (χ2v) is 9.64. The SMILES string of the molecule is COc1ccc(OC)c(NC(=O)C2CCCN2S(=O)(=O)c2cc3c(cc2C)NC(=O)CO3)c1. The second kappa shape index (κ2) is 8.91. The van der Waals surface area contributed by atoms with Crippen LogP contribution in [0.4, 0.5) is 11.4 Å². The number of nitrogens with zero attached hydrogens (tertiary/aromatic N) is 1. The van der Waals surface area contributed by atoms with Gasteiger partial charge in [-0.1, -0.05) is 0 Å². The number of nitrogens with one attached hydrogen (secondary N) is 2. The van der Waals surface area contributed by atoms with Gasteiger partial charge in [-0.3, -0.25) is 9.59 Å². The maximum atomic E-state index is 13.6. The lowest BCUT2D eigenvalue weighted by atomic mass is 10.2. The molecule has 10 nitrogen and oxygen atoms in total. The van der Waals surface area contributed by atoms with Gasteiger partial charge in [0, 0.05) is 18.7 Å². The van der Waals surface area contributed by atoms with Gasteiger partial charge in [0.2, 0.25) is 15.9 Å². The monoisotopic (exact) mass is 475 g/mol. The second-order valence-electron chi connectivity index (χ2n) is 7.78. The number of hydrogen-bond acceptors (Lipinski definition) is 7. The zero-order valence-corrected chi connectivity index (χ0v) is 19.3. The Morgan fingerprint density at radius 1 is 1.21 bits per heavy atom. The number of hydrogen-bond donors (Lipinski definition) is 2. The van der Waals surface area contributed by atoms with Gasteiger partial charge in [-0.25, -0.2) is 8.42 Å². The molecule has 1 saturated heterocycles. The average molecular weight is 476 g/mol. The van der Waals surface area contributed by atoms with Crippen LogP contribution in [0.15, 0.2) is 35.2 Å². The molecule has 0 saturated carbocycles. The molecule has 0 aliphatic carbocycles. The highest BCUT2D eigenvalue weighted by molar-refractivity contribution is 7.89. The first-order valence-corrected chi connectivity index (χ1v) is 11.8. The summed E-state index contributed by atoms with van der Waals surface area (Å²) in [5.74, 6) is 0.476. The Hall–Kier alpha value is -3.31. The molecule has 2 amide bonds. The van der Waals surface area contributed by atoms with Crippen LogP contribution in [0.5, 0.6) is 17.2 Å². The Balaban J connectivity index is 1.62. The van der Waals surface area contributed by atoms with Gasteiger partial charge in [-0.2, -0.15) is 4.31 Å². The smallest absolute Gasteiger partial charge is 0.262 e. The Labute approximate surface area is 191 Å². The van der Waals surface area contributed by atoms with Crippen molar-refractivity contribution in [1.82, 2.24) is 4.31 Å².